The number of hydrogen-bond acceptors (Lipinski definition) is 2. The Morgan fingerprint density at radius 1 is 1.11 bits per heavy atom. The first kappa shape index (κ1) is 18.4. The normalized spacial score (nSPS) is 14.8. The Hall–Kier alpha value is -0.580. The lowest BCUT2D eigenvalue weighted by Gasteiger charge is -2.27. The summed E-state index contributed by atoms with van der Waals surface area (Å²) in [5.41, 5.74) is -0.949. The van der Waals surface area contributed by atoms with Crippen molar-refractivity contribution in [3.8, 4) is 0 Å². The van der Waals surface area contributed by atoms with Gasteiger partial charge in [-0.2, -0.15) is 13.2 Å². The first-order chi connectivity index (χ1) is 8.54. The van der Waals surface area contributed by atoms with Crippen LogP contribution < -0.4 is 0 Å². The van der Waals surface area contributed by atoms with Crippen molar-refractivity contribution in [1.82, 2.24) is 4.90 Å². The number of halogens is 3. The molecule has 0 spiro atoms. The van der Waals surface area contributed by atoms with Gasteiger partial charge in [0.05, 0.1) is 0 Å². The second-order valence-electron chi connectivity index (χ2n) is 5.88. The standard InChI is InChI=1S/C14H26F3NO/c1-6-18(7-2)10-8-9-11(14(15,16)17)12(19)13(3,4)5/h11H,6-10H2,1-5H3/t11-/m1/s1. The summed E-state index contributed by atoms with van der Waals surface area (Å²) in [4.78, 5) is 14.0. The fraction of sp³-hybridized carbons (Fsp3) is 0.929. The largest absolute Gasteiger partial charge is 0.398 e. The van der Waals surface area contributed by atoms with Crippen molar-refractivity contribution >= 4 is 5.78 Å². The van der Waals surface area contributed by atoms with Crippen LogP contribution in [-0.2, 0) is 4.79 Å². The van der Waals surface area contributed by atoms with Gasteiger partial charge in [0.25, 0.3) is 0 Å². The fourth-order valence-electron chi connectivity index (χ4n) is 2.02. The molecule has 0 aromatic heterocycles. The van der Waals surface area contributed by atoms with E-state index < -0.39 is 23.3 Å². The summed E-state index contributed by atoms with van der Waals surface area (Å²) in [6.07, 6.45) is -4.16. The molecule has 1 atom stereocenters. The van der Waals surface area contributed by atoms with Gasteiger partial charge in [-0.3, -0.25) is 4.79 Å². The zero-order valence-electron chi connectivity index (χ0n) is 12.6. The highest BCUT2D eigenvalue weighted by molar-refractivity contribution is 5.86. The van der Waals surface area contributed by atoms with Crippen molar-refractivity contribution < 1.29 is 18.0 Å². The van der Waals surface area contributed by atoms with Crippen molar-refractivity contribution in [3.63, 3.8) is 0 Å². The molecule has 0 rings (SSSR count). The van der Waals surface area contributed by atoms with Crippen LogP contribution in [0.3, 0.4) is 0 Å². The number of carbonyl (C=O) groups is 1. The van der Waals surface area contributed by atoms with Crippen LogP contribution in [0.1, 0.15) is 47.5 Å². The van der Waals surface area contributed by atoms with Crippen LogP contribution in [0.5, 0.6) is 0 Å². The van der Waals surface area contributed by atoms with Gasteiger partial charge in [0.2, 0.25) is 0 Å². The van der Waals surface area contributed by atoms with Crippen LogP contribution in [0.2, 0.25) is 0 Å². The van der Waals surface area contributed by atoms with E-state index in [1.54, 1.807) is 20.8 Å². The molecule has 19 heavy (non-hydrogen) atoms. The van der Waals surface area contributed by atoms with E-state index in [1.165, 1.54) is 0 Å². The maximum Gasteiger partial charge on any atom is 0.398 e. The van der Waals surface area contributed by atoms with Gasteiger partial charge in [-0.05, 0) is 32.5 Å². The van der Waals surface area contributed by atoms with Gasteiger partial charge in [-0.1, -0.05) is 34.6 Å². The summed E-state index contributed by atoms with van der Waals surface area (Å²) in [7, 11) is 0. The molecule has 2 nitrogen and oxygen atoms in total. The molecule has 114 valence electrons. The van der Waals surface area contributed by atoms with E-state index in [9.17, 15) is 18.0 Å². The van der Waals surface area contributed by atoms with Crippen molar-refractivity contribution in [2.75, 3.05) is 19.6 Å². The van der Waals surface area contributed by atoms with E-state index in [0.29, 0.717) is 13.0 Å². The van der Waals surface area contributed by atoms with Gasteiger partial charge >= 0.3 is 6.18 Å². The molecule has 0 aliphatic heterocycles. The molecule has 0 aliphatic rings. The van der Waals surface area contributed by atoms with Gasteiger partial charge < -0.3 is 4.90 Å². The van der Waals surface area contributed by atoms with Crippen molar-refractivity contribution in [1.29, 1.82) is 0 Å². The first-order valence-electron chi connectivity index (χ1n) is 6.87. The van der Waals surface area contributed by atoms with E-state index >= 15 is 0 Å². The summed E-state index contributed by atoms with van der Waals surface area (Å²) in [6, 6.07) is 0. The Labute approximate surface area is 114 Å². The molecule has 0 unspecified atom stereocenters. The number of rotatable bonds is 7. The second-order valence-corrected chi connectivity index (χ2v) is 5.88. The van der Waals surface area contributed by atoms with Crippen molar-refractivity contribution in [3.05, 3.63) is 0 Å². The van der Waals surface area contributed by atoms with Crippen LogP contribution in [0.15, 0.2) is 0 Å². The molecule has 0 amide bonds. The maximum atomic E-state index is 13.0. The lowest BCUT2D eigenvalue weighted by atomic mass is 9.81. The zero-order valence-corrected chi connectivity index (χ0v) is 12.6. The number of ketones is 1. The molecule has 0 aromatic rings. The second kappa shape index (κ2) is 7.27. The van der Waals surface area contributed by atoms with Gasteiger partial charge in [0.15, 0.2) is 0 Å². The summed E-state index contributed by atoms with van der Waals surface area (Å²) in [6.45, 7) is 10.8. The van der Waals surface area contributed by atoms with Crippen LogP contribution in [0.25, 0.3) is 0 Å². The minimum atomic E-state index is -4.44. The molecule has 0 N–H and O–H groups in total. The number of carbonyl (C=O) groups excluding carboxylic acids is 1. The Morgan fingerprint density at radius 2 is 1.58 bits per heavy atom. The third-order valence-electron chi connectivity index (χ3n) is 3.31. The Kier molecular flexibility index (Phi) is 7.05. The number of hydrogen-bond donors (Lipinski definition) is 0. The van der Waals surface area contributed by atoms with E-state index in [-0.39, 0.29) is 6.42 Å². The topological polar surface area (TPSA) is 20.3 Å². The molecule has 0 aliphatic carbocycles. The molecule has 0 saturated carbocycles. The van der Waals surface area contributed by atoms with Crippen molar-refractivity contribution in [2.45, 2.75) is 53.6 Å². The van der Waals surface area contributed by atoms with Crippen LogP contribution in [0, 0.1) is 11.3 Å². The van der Waals surface area contributed by atoms with E-state index in [0.717, 1.165) is 13.1 Å². The summed E-state index contributed by atoms with van der Waals surface area (Å²) < 4.78 is 38.9. The highest BCUT2D eigenvalue weighted by Crippen LogP contribution is 2.35. The van der Waals surface area contributed by atoms with Crippen molar-refractivity contribution in [2.24, 2.45) is 11.3 Å². The minimum absolute atomic E-state index is 0.115. The number of nitrogens with zero attached hydrogens (tertiary/aromatic N) is 1. The highest BCUT2D eigenvalue weighted by Gasteiger charge is 2.47. The fourth-order valence-corrected chi connectivity index (χ4v) is 2.02. The predicted octanol–water partition coefficient (Wildman–Crippen LogP) is 3.90. The maximum absolute atomic E-state index is 13.0. The SMILES string of the molecule is CCN(CC)CCC[C@H](C(=O)C(C)(C)C)C(F)(F)F. The molecule has 0 radical (unpaired) electrons. The summed E-state index contributed by atoms with van der Waals surface area (Å²) in [5, 5.41) is 0. The molecule has 0 aromatic carbocycles. The molecule has 0 bridgehead atoms. The monoisotopic (exact) mass is 281 g/mol. The van der Waals surface area contributed by atoms with Gasteiger partial charge in [0.1, 0.15) is 11.7 Å². The van der Waals surface area contributed by atoms with Crippen LogP contribution >= 0.6 is 0 Å². The van der Waals surface area contributed by atoms with Crippen LogP contribution in [0.4, 0.5) is 13.2 Å². The number of Topliss-reactive ketones (excluding diaryl/α,β-unsaturated/α-hetero) is 1. The summed E-state index contributed by atoms with van der Waals surface area (Å²) >= 11 is 0. The molecular formula is C14H26F3NO. The quantitative estimate of drug-likeness (QED) is 0.705. The van der Waals surface area contributed by atoms with Crippen LogP contribution in [-0.4, -0.2) is 36.5 Å². The predicted molar refractivity (Wildman–Crippen MR) is 71.0 cm³/mol. The lowest BCUT2D eigenvalue weighted by molar-refractivity contribution is -0.187. The molecule has 0 fully saturated rings. The first-order valence-corrected chi connectivity index (χ1v) is 6.87. The average Bonchev–Trinajstić information content (AvgIpc) is 2.25. The van der Waals surface area contributed by atoms with E-state index in [4.69, 9.17) is 0 Å². The molecular weight excluding hydrogens is 255 g/mol. The third kappa shape index (κ3) is 6.41. The zero-order chi connectivity index (χ0) is 15.3. The third-order valence-corrected chi connectivity index (χ3v) is 3.31. The highest BCUT2D eigenvalue weighted by atomic mass is 19.4. The van der Waals surface area contributed by atoms with Gasteiger partial charge in [0, 0.05) is 5.41 Å². The molecule has 0 saturated heterocycles. The Bertz CT molecular complexity index is 277. The Morgan fingerprint density at radius 3 is 1.89 bits per heavy atom. The average molecular weight is 281 g/mol. The summed E-state index contributed by atoms with van der Waals surface area (Å²) in [5.74, 6) is -2.54. The Balaban J connectivity index is 4.61. The van der Waals surface area contributed by atoms with E-state index in [1.807, 2.05) is 13.8 Å². The number of alkyl halides is 3. The van der Waals surface area contributed by atoms with Gasteiger partial charge in [-0.25, -0.2) is 0 Å². The van der Waals surface area contributed by atoms with Gasteiger partial charge in [-0.15, -0.1) is 0 Å². The molecule has 5 heteroatoms. The lowest BCUT2D eigenvalue weighted by Crippen LogP contribution is -2.38. The van der Waals surface area contributed by atoms with E-state index in [2.05, 4.69) is 4.90 Å². The molecule has 0 heterocycles. The smallest absolute Gasteiger partial charge is 0.304 e. The minimum Gasteiger partial charge on any atom is -0.304 e.